The van der Waals surface area contributed by atoms with Gasteiger partial charge in [0.25, 0.3) is 0 Å². The number of nitrogens with one attached hydrogen (secondary N) is 1. The minimum absolute atomic E-state index is 0.425. The average molecular weight is 363 g/mol. The van der Waals surface area contributed by atoms with Gasteiger partial charge in [-0.1, -0.05) is 45.9 Å². The quantitative estimate of drug-likeness (QED) is 0.708. The van der Waals surface area contributed by atoms with Crippen molar-refractivity contribution in [3.8, 4) is 0 Å². The Labute approximate surface area is 159 Å². The summed E-state index contributed by atoms with van der Waals surface area (Å²) in [6.07, 6.45) is 2.54. The second-order valence-corrected chi connectivity index (χ2v) is 9.45. The third-order valence-electron chi connectivity index (χ3n) is 5.31. The highest BCUT2D eigenvalue weighted by Crippen LogP contribution is 2.26. The molecule has 1 aliphatic heterocycles. The molecule has 0 bridgehead atoms. The van der Waals surface area contributed by atoms with E-state index in [1.54, 1.807) is 0 Å². The van der Waals surface area contributed by atoms with E-state index in [0.717, 1.165) is 28.7 Å². The second kappa shape index (κ2) is 8.60. The van der Waals surface area contributed by atoms with E-state index in [0.29, 0.717) is 11.3 Å². The third kappa shape index (κ3) is 6.67. The van der Waals surface area contributed by atoms with Crippen molar-refractivity contribution < 1.29 is 0 Å². The van der Waals surface area contributed by atoms with E-state index < -0.39 is 0 Å². The van der Waals surface area contributed by atoms with Crippen LogP contribution in [0, 0.1) is 24.2 Å². The summed E-state index contributed by atoms with van der Waals surface area (Å²) in [5.74, 6) is 1.43. The van der Waals surface area contributed by atoms with E-state index in [4.69, 9.17) is 11.6 Å². The molecule has 1 aromatic carbocycles. The molecule has 0 aliphatic carbocycles. The van der Waals surface area contributed by atoms with E-state index in [1.165, 1.54) is 38.0 Å². The number of benzene rings is 1. The number of hydrogen-bond acceptors (Lipinski definition) is 2. The average Bonchev–Trinajstić information content (AvgIpc) is 2.50. The van der Waals surface area contributed by atoms with Crippen molar-refractivity contribution in [2.45, 2.75) is 47.5 Å². The minimum Gasteiger partial charge on any atom is -0.385 e. The fourth-order valence-corrected chi connectivity index (χ4v) is 3.84. The first kappa shape index (κ1) is 20.3. The lowest BCUT2D eigenvalue weighted by Crippen LogP contribution is -2.43. The van der Waals surface area contributed by atoms with Crippen LogP contribution >= 0.6 is 11.6 Å². The Morgan fingerprint density at radius 1 is 1.32 bits per heavy atom. The number of piperidine rings is 1. The molecule has 140 valence electrons. The van der Waals surface area contributed by atoms with Crippen molar-refractivity contribution in [1.82, 2.24) is 10.2 Å². The Kier molecular flexibility index (Phi) is 6.99. The molecule has 0 saturated carbocycles. The van der Waals surface area contributed by atoms with Crippen LogP contribution in [0.15, 0.2) is 24.8 Å². The van der Waals surface area contributed by atoms with E-state index in [1.807, 2.05) is 12.1 Å². The van der Waals surface area contributed by atoms with Crippen molar-refractivity contribution in [2.24, 2.45) is 17.3 Å². The zero-order chi connectivity index (χ0) is 18.6. The molecule has 0 aromatic heterocycles. The molecular formula is C22H35ClN2. The number of likely N-dealkylation sites (tertiary alicyclic amines) is 1. The maximum absolute atomic E-state index is 6.17. The summed E-state index contributed by atoms with van der Waals surface area (Å²) in [6, 6.07) is 6.11. The lowest BCUT2D eigenvalue weighted by atomic mass is 9.85. The molecule has 0 radical (unpaired) electrons. The third-order valence-corrected chi connectivity index (χ3v) is 5.53. The molecule has 2 atom stereocenters. The Morgan fingerprint density at radius 2 is 2.04 bits per heavy atom. The van der Waals surface area contributed by atoms with Crippen molar-refractivity contribution in [1.29, 1.82) is 0 Å². The van der Waals surface area contributed by atoms with Crippen LogP contribution < -0.4 is 5.32 Å². The standard InChI is InChI=1S/C22H35ClN2/c1-16-11-20(13-21(23)12-16)18(3)24-14-19-7-9-25(15-17(19)2)10-8-22(4,5)6/h11-13,17,19,24H,3,7-10,14-15H2,1-2,4-6H3. The maximum Gasteiger partial charge on any atom is 0.0415 e. The predicted molar refractivity (Wildman–Crippen MR) is 111 cm³/mol. The lowest BCUT2D eigenvalue weighted by Gasteiger charge is -2.38. The molecule has 2 unspecified atom stereocenters. The number of aryl methyl sites for hydroxylation is 1. The van der Waals surface area contributed by atoms with Gasteiger partial charge in [0.15, 0.2) is 0 Å². The minimum atomic E-state index is 0.425. The van der Waals surface area contributed by atoms with Gasteiger partial charge in [0.2, 0.25) is 0 Å². The number of halogens is 1. The van der Waals surface area contributed by atoms with Gasteiger partial charge in [0.1, 0.15) is 0 Å². The highest BCUT2D eigenvalue weighted by molar-refractivity contribution is 6.30. The first-order valence-electron chi connectivity index (χ1n) is 9.57. The molecule has 25 heavy (non-hydrogen) atoms. The van der Waals surface area contributed by atoms with Crippen LogP contribution in [-0.4, -0.2) is 31.1 Å². The summed E-state index contributed by atoms with van der Waals surface area (Å²) >= 11 is 6.17. The summed E-state index contributed by atoms with van der Waals surface area (Å²) in [5.41, 5.74) is 3.67. The molecular weight excluding hydrogens is 328 g/mol. The molecule has 1 N–H and O–H groups in total. The fraction of sp³-hybridized carbons (Fsp3) is 0.636. The second-order valence-electron chi connectivity index (χ2n) is 9.01. The van der Waals surface area contributed by atoms with E-state index in [9.17, 15) is 0 Å². The molecule has 1 heterocycles. The van der Waals surface area contributed by atoms with Gasteiger partial charge in [-0.15, -0.1) is 0 Å². The first-order chi connectivity index (χ1) is 11.6. The van der Waals surface area contributed by atoms with Gasteiger partial charge in [0.05, 0.1) is 0 Å². The van der Waals surface area contributed by atoms with Crippen molar-refractivity contribution in [3.05, 3.63) is 40.9 Å². The Morgan fingerprint density at radius 3 is 2.64 bits per heavy atom. The predicted octanol–water partition coefficient (Wildman–Crippen LogP) is 5.60. The maximum atomic E-state index is 6.17. The molecule has 1 aromatic rings. The zero-order valence-corrected chi connectivity index (χ0v) is 17.4. The Balaban J connectivity index is 1.81. The van der Waals surface area contributed by atoms with Gasteiger partial charge in [-0.3, -0.25) is 0 Å². The molecule has 1 aliphatic rings. The first-order valence-corrected chi connectivity index (χ1v) is 9.94. The van der Waals surface area contributed by atoms with Crippen LogP contribution in [-0.2, 0) is 0 Å². The van der Waals surface area contributed by atoms with Gasteiger partial charge >= 0.3 is 0 Å². The number of hydrogen-bond donors (Lipinski definition) is 1. The largest absolute Gasteiger partial charge is 0.385 e. The molecule has 1 fully saturated rings. The Bertz CT molecular complexity index is 568. The normalized spacial score (nSPS) is 22.0. The van der Waals surface area contributed by atoms with Crippen LogP contribution in [0.25, 0.3) is 5.70 Å². The van der Waals surface area contributed by atoms with Crippen LogP contribution in [0.1, 0.15) is 51.7 Å². The highest BCUT2D eigenvalue weighted by atomic mass is 35.5. The van der Waals surface area contributed by atoms with Crippen LogP contribution in [0.2, 0.25) is 5.02 Å². The molecule has 0 spiro atoms. The highest BCUT2D eigenvalue weighted by Gasteiger charge is 2.26. The summed E-state index contributed by atoms with van der Waals surface area (Å²) in [5, 5.41) is 4.33. The molecule has 2 rings (SSSR count). The van der Waals surface area contributed by atoms with Crippen LogP contribution in [0.4, 0.5) is 0 Å². The smallest absolute Gasteiger partial charge is 0.0415 e. The SMILES string of the molecule is C=C(NCC1CCN(CCC(C)(C)C)CC1C)c1cc(C)cc(Cl)c1. The fourth-order valence-electron chi connectivity index (χ4n) is 3.55. The van der Waals surface area contributed by atoms with Gasteiger partial charge in [-0.05, 0) is 79.4 Å². The monoisotopic (exact) mass is 362 g/mol. The van der Waals surface area contributed by atoms with Crippen molar-refractivity contribution >= 4 is 17.3 Å². The van der Waals surface area contributed by atoms with Gasteiger partial charge in [-0.2, -0.15) is 0 Å². The van der Waals surface area contributed by atoms with Crippen molar-refractivity contribution in [3.63, 3.8) is 0 Å². The number of nitrogens with zero attached hydrogens (tertiary/aromatic N) is 1. The molecule has 2 nitrogen and oxygen atoms in total. The van der Waals surface area contributed by atoms with Gasteiger partial charge < -0.3 is 10.2 Å². The van der Waals surface area contributed by atoms with Gasteiger partial charge in [0, 0.05) is 23.8 Å². The topological polar surface area (TPSA) is 15.3 Å². The van der Waals surface area contributed by atoms with Crippen molar-refractivity contribution in [2.75, 3.05) is 26.2 Å². The van der Waals surface area contributed by atoms with Gasteiger partial charge in [-0.25, -0.2) is 0 Å². The zero-order valence-electron chi connectivity index (χ0n) is 16.7. The summed E-state index contributed by atoms with van der Waals surface area (Å²) in [6.45, 7) is 20.3. The molecule has 1 saturated heterocycles. The summed E-state index contributed by atoms with van der Waals surface area (Å²) in [7, 11) is 0. The van der Waals surface area contributed by atoms with Crippen LogP contribution in [0.3, 0.4) is 0 Å². The Hall–Kier alpha value is -0.990. The van der Waals surface area contributed by atoms with E-state index in [2.05, 4.69) is 57.5 Å². The van der Waals surface area contributed by atoms with E-state index >= 15 is 0 Å². The summed E-state index contributed by atoms with van der Waals surface area (Å²) < 4.78 is 0. The number of rotatable bonds is 6. The summed E-state index contributed by atoms with van der Waals surface area (Å²) in [4.78, 5) is 2.64. The lowest BCUT2D eigenvalue weighted by molar-refractivity contribution is 0.117. The van der Waals surface area contributed by atoms with E-state index in [-0.39, 0.29) is 0 Å². The van der Waals surface area contributed by atoms with Crippen LogP contribution in [0.5, 0.6) is 0 Å². The molecule has 3 heteroatoms. The molecule has 0 amide bonds.